The fraction of sp³-hybridized carbons (Fsp3) is 0.500. The summed E-state index contributed by atoms with van der Waals surface area (Å²) in [6.45, 7) is 2.02. The predicted molar refractivity (Wildman–Crippen MR) is 75.6 cm³/mol. The van der Waals surface area contributed by atoms with Crippen LogP contribution in [-0.4, -0.2) is 43.6 Å². The molecule has 0 unspecified atom stereocenters. The second-order valence-corrected chi connectivity index (χ2v) is 5.16. The van der Waals surface area contributed by atoms with E-state index in [-0.39, 0.29) is 12.5 Å². The number of ether oxygens (including phenoxy) is 1. The van der Waals surface area contributed by atoms with Crippen LogP contribution in [0.4, 0.5) is 0 Å². The van der Waals surface area contributed by atoms with E-state index in [0.29, 0.717) is 16.8 Å². The molecule has 0 aromatic heterocycles. The van der Waals surface area contributed by atoms with Gasteiger partial charge in [-0.1, -0.05) is 11.6 Å². The number of carbonyl (C=O) groups excluding carboxylic acids is 1. The van der Waals surface area contributed by atoms with Gasteiger partial charge in [-0.3, -0.25) is 4.79 Å². The summed E-state index contributed by atoms with van der Waals surface area (Å²) in [5, 5.41) is 3.95. The van der Waals surface area contributed by atoms with Crippen molar-refractivity contribution in [3.05, 3.63) is 29.3 Å². The van der Waals surface area contributed by atoms with E-state index in [0.717, 1.165) is 25.9 Å². The molecular formula is C14H19ClN2O2. The molecule has 19 heavy (non-hydrogen) atoms. The summed E-state index contributed by atoms with van der Waals surface area (Å²) in [4.78, 5) is 13.8. The van der Waals surface area contributed by atoms with E-state index in [2.05, 4.69) is 5.32 Å². The van der Waals surface area contributed by atoms with Gasteiger partial charge in [-0.2, -0.15) is 0 Å². The highest BCUT2D eigenvalue weighted by molar-refractivity contribution is 6.30. The van der Waals surface area contributed by atoms with Crippen LogP contribution in [0.2, 0.25) is 5.02 Å². The minimum absolute atomic E-state index is 0.0156. The Labute approximate surface area is 118 Å². The Hall–Kier alpha value is -1.26. The summed E-state index contributed by atoms with van der Waals surface area (Å²) in [5.41, 5.74) is 0. The SMILES string of the molecule is CN(C(=O)COc1ccc(Cl)cc1)C1CCNCC1. The van der Waals surface area contributed by atoms with Crippen molar-refractivity contribution in [3.8, 4) is 5.75 Å². The van der Waals surface area contributed by atoms with Gasteiger partial charge in [0.25, 0.3) is 5.91 Å². The van der Waals surface area contributed by atoms with Gasteiger partial charge in [-0.25, -0.2) is 0 Å². The van der Waals surface area contributed by atoms with Crippen LogP contribution < -0.4 is 10.1 Å². The summed E-state index contributed by atoms with van der Waals surface area (Å²) in [7, 11) is 1.85. The molecule has 1 heterocycles. The zero-order chi connectivity index (χ0) is 13.7. The predicted octanol–water partition coefficient (Wildman–Crippen LogP) is 1.93. The van der Waals surface area contributed by atoms with E-state index in [4.69, 9.17) is 16.3 Å². The van der Waals surface area contributed by atoms with Crippen molar-refractivity contribution >= 4 is 17.5 Å². The average Bonchev–Trinajstić information content (AvgIpc) is 2.46. The van der Waals surface area contributed by atoms with E-state index < -0.39 is 0 Å². The lowest BCUT2D eigenvalue weighted by molar-refractivity contribution is -0.134. The highest BCUT2D eigenvalue weighted by Gasteiger charge is 2.21. The summed E-state index contributed by atoms with van der Waals surface area (Å²) in [6.07, 6.45) is 2.01. The van der Waals surface area contributed by atoms with Crippen molar-refractivity contribution in [2.24, 2.45) is 0 Å². The van der Waals surface area contributed by atoms with Gasteiger partial charge in [0.2, 0.25) is 0 Å². The number of benzene rings is 1. The number of likely N-dealkylation sites (N-methyl/N-ethyl adjacent to an activating group) is 1. The smallest absolute Gasteiger partial charge is 0.260 e. The van der Waals surface area contributed by atoms with Crippen molar-refractivity contribution in [1.29, 1.82) is 0 Å². The average molecular weight is 283 g/mol. The number of hydrogen-bond acceptors (Lipinski definition) is 3. The molecule has 1 aromatic rings. The Morgan fingerprint density at radius 3 is 2.63 bits per heavy atom. The first-order valence-electron chi connectivity index (χ1n) is 6.51. The molecular weight excluding hydrogens is 264 g/mol. The van der Waals surface area contributed by atoms with Crippen molar-refractivity contribution in [2.45, 2.75) is 18.9 Å². The fourth-order valence-electron chi connectivity index (χ4n) is 2.18. The Balaban J connectivity index is 1.81. The van der Waals surface area contributed by atoms with Crippen LogP contribution in [0.5, 0.6) is 5.75 Å². The van der Waals surface area contributed by atoms with Crippen LogP contribution in [0.15, 0.2) is 24.3 Å². The molecule has 1 amide bonds. The van der Waals surface area contributed by atoms with Gasteiger partial charge in [0.1, 0.15) is 5.75 Å². The molecule has 2 rings (SSSR count). The van der Waals surface area contributed by atoms with E-state index in [1.54, 1.807) is 29.2 Å². The van der Waals surface area contributed by atoms with E-state index in [1.807, 2.05) is 7.05 Å². The summed E-state index contributed by atoms with van der Waals surface area (Å²) in [5.74, 6) is 0.679. The van der Waals surface area contributed by atoms with Gasteiger partial charge in [0, 0.05) is 18.1 Å². The second kappa shape index (κ2) is 6.78. The van der Waals surface area contributed by atoms with Gasteiger partial charge < -0.3 is 15.0 Å². The maximum absolute atomic E-state index is 12.0. The Morgan fingerprint density at radius 2 is 2.00 bits per heavy atom. The van der Waals surface area contributed by atoms with Crippen LogP contribution in [0, 0.1) is 0 Å². The van der Waals surface area contributed by atoms with Gasteiger partial charge >= 0.3 is 0 Å². The van der Waals surface area contributed by atoms with E-state index in [1.165, 1.54) is 0 Å². The molecule has 1 aliphatic heterocycles. The normalized spacial score (nSPS) is 16.1. The zero-order valence-corrected chi connectivity index (χ0v) is 11.8. The topological polar surface area (TPSA) is 41.6 Å². The summed E-state index contributed by atoms with van der Waals surface area (Å²) < 4.78 is 5.47. The second-order valence-electron chi connectivity index (χ2n) is 4.73. The van der Waals surface area contributed by atoms with Crippen molar-refractivity contribution < 1.29 is 9.53 Å². The van der Waals surface area contributed by atoms with Crippen molar-refractivity contribution in [2.75, 3.05) is 26.7 Å². The van der Waals surface area contributed by atoms with Crippen LogP contribution >= 0.6 is 11.6 Å². The van der Waals surface area contributed by atoms with Crippen LogP contribution in [-0.2, 0) is 4.79 Å². The molecule has 0 bridgehead atoms. The zero-order valence-electron chi connectivity index (χ0n) is 11.1. The van der Waals surface area contributed by atoms with Crippen LogP contribution in [0.1, 0.15) is 12.8 Å². The van der Waals surface area contributed by atoms with Gasteiger partial charge in [-0.05, 0) is 50.2 Å². The van der Waals surface area contributed by atoms with E-state index >= 15 is 0 Å². The molecule has 0 aliphatic carbocycles. The Kier molecular flexibility index (Phi) is 5.05. The van der Waals surface area contributed by atoms with Gasteiger partial charge in [-0.15, -0.1) is 0 Å². The standard InChI is InChI=1S/C14H19ClN2O2/c1-17(12-6-8-16-9-7-12)14(18)10-19-13-4-2-11(15)3-5-13/h2-5,12,16H,6-10H2,1H3. The third kappa shape index (κ3) is 4.11. The number of amides is 1. The highest BCUT2D eigenvalue weighted by Crippen LogP contribution is 2.16. The minimum Gasteiger partial charge on any atom is -0.484 e. The molecule has 1 fully saturated rings. The lowest BCUT2D eigenvalue weighted by Gasteiger charge is -2.31. The van der Waals surface area contributed by atoms with Gasteiger partial charge in [0.05, 0.1) is 0 Å². The molecule has 0 atom stereocenters. The first-order valence-corrected chi connectivity index (χ1v) is 6.89. The quantitative estimate of drug-likeness (QED) is 0.917. The third-order valence-electron chi connectivity index (χ3n) is 3.43. The monoisotopic (exact) mass is 282 g/mol. The molecule has 1 aliphatic rings. The molecule has 1 N–H and O–H groups in total. The molecule has 5 heteroatoms. The molecule has 104 valence electrons. The van der Waals surface area contributed by atoms with Gasteiger partial charge in [0.15, 0.2) is 6.61 Å². The number of nitrogens with one attached hydrogen (secondary N) is 1. The number of rotatable bonds is 4. The maximum Gasteiger partial charge on any atom is 0.260 e. The van der Waals surface area contributed by atoms with Crippen molar-refractivity contribution in [1.82, 2.24) is 10.2 Å². The van der Waals surface area contributed by atoms with Crippen molar-refractivity contribution in [3.63, 3.8) is 0 Å². The lowest BCUT2D eigenvalue weighted by Crippen LogP contribution is -2.45. The van der Waals surface area contributed by atoms with Crippen LogP contribution in [0.25, 0.3) is 0 Å². The first kappa shape index (κ1) is 14.2. The Morgan fingerprint density at radius 1 is 1.37 bits per heavy atom. The number of piperidine rings is 1. The summed E-state index contributed by atoms with van der Waals surface area (Å²) >= 11 is 5.79. The number of nitrogens with zero attached hydrogens (tertiary/aromatic N) is 1. The fourth-order valence-corrected chi connectivity index (χ4v) is 2.30. The Bertz CT molecular complexity index is 416. The number of carbonyl (C=O) groups is 1. The third-order valence-corrected chi connectivity index (χ3v) is 3.68. The molecule has 0 spiro atoms. The van der Waals surface area contributed by atoms with E-state index in [9.17, 15) is 4.79 Å². The largest absolute Gasteiger partial charge is 0.484 e. The maximum atomic E-state index is 12.0. The molecule has 0 saturated carbocycles. The molecule has 0 radical (unpaired) electrons. The first-order chi connectivity index (χ1) is 9.16. The molecule has 4 nitrogen and oxygen atoms in total. The van der Waals surface area contributed by atoms with Crippen LogP contribution in [0.3, 0.4) is 0 Å². The molecule has 1 aromatic carbocycles. The number of hydrogen-bond donors (Lipinski definition) is 1. The highest BCUT2D eigenvalue weighted by atomic mass is 35.5. The lowest BCUT2D eigenvalue weighted by atomic mass is 10.1. The number of halogens is 1. The minimum atomic E-state index is 0.0156. The summed E-state index contributed by atoms with van der Waals surface area (Å²) in [6, 6.07) is 7.35. The molecule has 1 saturated heterocycles.